The molecular weight excluding hydrogens is 355 g/mol. The highest BCUT2D eigenvalue weighted by molar-refractivity contribution is 7.89. The Labute approximate surface area is 150 Å². The number of carbonyl (C=O) groups is 1. The number of sulfonamides is 1. The maximum Gasteiger partial charge on any atom is 0.241 e. The van der Waals surface area contributed by atoms with E-state index in [2.05, 4.69) is 10.0 Å². The van der Waals surface area contributed by atoms with Gasteiger partial charge in [0, 0.05) is 29.9 Å². The molecule has 2 N–H and O–H groups in total. The van der Waals surface area contributed by atoms with Gasteiger partial charge < -0.3 is 5.32 Å². The van der Waals surface area contributed by atoms with Crippen molar-refractivity contribution >= 4 is 32.4 Å². The lowest BCUT2D eigenvalue weighted by molar-refractivity contribution is -0.114. The number of hydrogen-bond acceptors (Lipinski definition) is 3. The molecule has 7 heteroatoms. The number of carbonyl (C=O) groups excluding carboxylic acids is 1. The van der Waals surface area contributed by atoms with Crippen LogP contribution in [-0.4, -0.2) is 14.3 Å². The van der Waals surface area contributed by atoms with Crippen molar-refractivity contribution in [2.24, 2.45) is 0 Å². The van der Waals surface area contributed by atoms with Crippen molar-refractivity contribution in [3.8, 4) is 0 Å². The van der Waals surface area contributed by atoms with Crippen molar-refractivity contribution in [2.75, 3.05) is 5.32 Å². The van der Waals surface area contributed by atoms with Crippen LogP contribution in [0.3, 0.4) is 0 Å². The van der Waals surface area contributed by atoms with E-state index in [-0.39, 0.29) is 23.2 Å². The maximum absolute atomic E-state index is 13.0. The molecular formula is C19H17FN2O3S. The van der Waals surface area contributed by atoms with Crippen molar-refractivity contribution in [3.63, 3.8) is 0 Å². The molecule has 0 heterocycles. The molecule has 0 aliphatic carbocycles. The number of fused-ring (bicyclic) bond motifs is 1. The van der Waals surface area contributed by atoms with Crippen molar-refractivity contribution in [2.45, 2.75) is 18.4 Å². The van der Waals surface area contributed by atoms with Gasteiger partial charge in [0.1, 0.15) is 5.82 Å². The number of hydrogen-bond donors (Lipinski definition) is 2. The monoisotopic (exact) mass is 372 g/mol. The topological polar surface area (TPSA) is 75.3 Å². The van der Waals surface area contributed by atoms with Gasteiger partial charge in [-0.05, 0) is 29.8 Å². The fourth-order valence-corrected chi connectivity index (χ4v) is 3.91. The van der Waals surface area contributed by atoms with Crippen molar-refractivity contribution in [1.29, 1.82) is 0 Å². The predicted molar refractivity (Wildman–Crippen MR) is 98.7 cm³/mol. The first kappa shape index (κ1) is 18.0. The molecule has 0 spiro atoms. The van der Waals surface area contributed by atoms with Crippen LogP contribution in [0.5, 0.6) is 0 Å². The third-order valence-electron chi connectivity index (χ3n) is 3.86. The molecule has 26 heavy (non-hydrogen) atoms. The Bertz CT molecular complexity index is 1060. The minimum atomic E-state index is -3.80. The highest BCUT2D eigenvalue weighted by atomic mass is 32.2. The summed E-state index contributed by atoms with van der Waals surface area (Å²) in [7, 11) is -3.80. The van der Waals surface area contributed by atoms with Gasteiger partial charge in [-0.3, -0.25) is 4.79 Å². The summed E-state index contributed by atoms with van der Waals surface area (Å²) < 4.78 is 41.0. The highest BCUT2D eigenvalue weighted by Gasteiger charge is 2.18. The van der Waals surface area contributed by atoms with Crippen molar-refractivity contribution in [1.82, 2.24) is 4.72 Å². The van der Waals surface area contributed by atoms with Crippen LogP contribution in [-0.2, 0) is 21.4 Å². The lowest BCUT2D eigenvalue weighted by atomic mass is 10.1. The fourth-order valence-electron chi connectivity index (χ4n) is 2.67. The predicted octanol–water partition coefficient (Wildman–Crippen LogP) is 3.42. The Morgan fingerprint density at radius 1 is 0.962 bits per heavy atom. The van der Waals surface area contributed by atoms with E-state index in [4.69, 9.17) is 0 Å². The van der Waals surface area contributed by atoms with E-state index in [1.165, 1.54) is 37.3 Å². The lowest BCUT2D eigenvalue weighted by Crippen LogP contribution is -2.23. The first-order chi connectivity index (χ1) is 12.4. The number of halogens is 1. The molecule has 0 saturated carbocycles. The van der Waals surface area contributed by atoms with Gasteiger partial charge in [0.15, 0.2) is 0 Å². The lowest BCUT2D eigenvalue weighted by Gasteiger charge is -2.12. The Kier molecular flexibility index (Phi) is 5.01. The summed E-state index contributed by atoms with van der Waals surface area (Å²) in [6, 6.07) is 15.6. The van der Waals surface area contributed by atoms with Crippen LogP contribution in [0.4, 0.5) is 10.1 Å². The van der Waals surface area contributed by atoms with Gasteiger partial charge in [-0.1, -0.05) is 36.4 Å². The molecule has 5 nitrogen and oxygen atoms in total. The molecule has 0 saturated heterocycles. The van der Waals surface area contributed by atoms with Crippen LogP contribution in [0.25, 0.3) is 10.8 Å². The van der Waals surface area contributed by atoms with Gasteiger partial charge in [0.05, 0.1) is 4.90 Å². The summed E-state index contributed by atoms with van der Waals surface area (Å²) in [5, 5.41) is 3.84. The van der Waals surface area contributed by atoms with Crippen molar-refractivity contribution in [3.05, 3.63) is 72.0 Å². The number of anilines is 1. The summed E-state index contributed by atoms with van der Waals surface area (Å²) in [5.41, 5.74) is 1.19. The zero-order valence-corrected chi connectivity index (χ0v) is 14.8. The number of nitrogens with one attached hydrogen (secondary N) is 2. The average Bonchev–Trinajstić information content (AvgIpc) is 2.60. The van der Waals surface area contributed by atoms with E-state index >= 15 is 0 Å². The number of benzene rings is 3. The van der Waals surface area contributed by atoms with Crippen LogP contribution < -0.4 is 10.0 Å². The summed E-state index contributed by atoms with van der Waals surface area (Å²) in [6.07, 6.45) is 0. The molecule has 3 aromatic carbocycles. The van der Waals surface area contributed by atoms with Crippen LogP contribution in [0, 0.1) is 5.82 Å². The van der Waals surface area contributed by atoms with Gasteiger partial charge in [-0.15, -0.1) is 0 Å². The quantitative estimate of drug-likeness (QED) is 0.721. The average molecular weight is 372 g/mol. The zero-order chi connectivity index (χ0) is 18.7. The maximum atomic E-state index is 13.0. The fraction of sp³-hybridized carbons (Fsp3) is 0.105. The van der Waals surface area contributed by atoms with E-state index in [1.807, 2.05) is 0 Å². The van der Waals surface area contributed by atoms with Crippen molar-refractivity contribution < 1.29 is 17.6 Å². The smallest absolute Gasteiger partial charge is 0.241 e. The summed E-state index contributed by atoms with van der Waals surface area (Å²) in [5.74, 6) is -0.614. The molecule has 0 fully saturated rings. The molecule has 0 radical (unpaired) electrons. The number of amides is 1. The minimum absolute atomic E-state index is 0.0460. The van der Waals surface area contributed by atoms with Gasteiger partial charge in [-0.25, -0.2) is 17.5 Å². The second kappa shape index (κ2) is 7.23. The normalized spacial score (nSPS) is 11.5. The summed E-state index contributed by atoms with van der Waals surface area (Å²) in [6.45, 7) is 1.44. The third-order valence-corrected chi connectivity index (χ3v) is 5.32. The summed E-state index contributed by atoms with van der Waals surface area (Å²) in [4.78, 5) is 11.5. The Morgan fingerprint density at radius 2 is 1.62 bits per heavy atom. The Balaban J connectivity index is 1.95. The molecule has 0 aliphatic rings. The van der Waals surface area contributed by atoms with Gasteiger partial charge >= 0.3 is 0 Å². The molecule has 3 aromatic rings. The third kappa shape index (κ3) is 3.89. The first-order valence-corrected chi connectivity index (χ1v) is 9.38. The first-order valence-electron chi connectivity index (χ1n) is 7.90. The van der Waals surface area contributed by atoms with Crippen LogP contribution in [0.2, 0.25) is 0 Å². The molecule has 1 amide bonds. The van der Waals surface area contributed by atoms with Crippen LogP contribution in [0.15, 0.2) is 65.6 Å². The molecule has 0 aliphatic heterocycles. The highest BCUT2D eigenvalue weighted by Crippen LogP contribution is 2.28. The van der Waals surface area contributed by atoms with Crippen LogP contribution in [0.1, 0.15) is 12.5 Å². The van der Waals surface area contributed by atoms with Crippen LogP contribution >= 0.6 is 0 Å². The van der Waals surface area contributed by atoms with Gasteiger partial charge in [0.25, 0.3) is 0 Å². The molecule has 0 atom stereocenters. The second-order valence-corrected chi connectivity index (χ2v) is 7.52. The summed E-state index contributed by atoms with van der Waals surface area (Å²) >= 11 is 0. The van der Waals surface area contributed by atoms with E-state index in [9.17, 15) is 17.6 Å². The van der Waals surface area contributed by atoms with E-state index in [0.29, 0.717) is 22.0 Å². The van der Waals surface area contributed by atoms with E-state index in [1.54, 1.807) is 30.3 Å². The largest absolute Gasteiger partial charge is 0.326 e. The molecule has 134 valence electrons. The Hall–Kier alpha value is -2.77. The molecule has 3 rings (SSSR count). The standard InChI is InChI=1S/C19H17FN2O3S/c1-13(23)22-18-6-2-5-17-16(18)4-3-7-19(17)26(24,25)21-12-14-8-10-15(20)11-9-14/h2-11,21H,12H2,1H3,(H,22,23). The van der Waals surface area contributed by atoms with E-state index in [0.717, 1.165) is 0 Å². The Morgan fingerprint density at radius 3 is 2.31 bits per heavy atom. The van der Waals surface area contributed by atoms with Gasteiger partial charge in [0.2, 0.25) is 15.9 Å². The van der Waals surface area contributed by atoms with Gasteiger partial charge in [-0.2, -0.15) is 0 Å². The molecule has 0 aromatic heterocycles. The van der Waals surface area contributed by atoms with E-state index < -0.39 is 10.0 Å². The number of rotatable bonds is 5. The molecule has 0 bridgehead atoms. The SMILES string of the molecule is CC(=O)Nc1cccc2c(S(=O)(=O)NCc3ccc(F)cc3)cccc12. The minimum Gasteiger partial charge on any atom is -0.326 e. The second-order valence-electron chi connectivity index (χ2n) is 5.79. The molecule has 0 unspecified atom stereocenters. The zero-order valence-electron chi connectivity index (χ0n) is 14.0.